The summed E-state index contributed by atoms with van der Waals surface area (Å²) in [6.07, 6.45) is 3.52. The van der Waals surface area contributed by atoms with E-state index >= 15 is 0 Å². The second-order valence-corrected chi connectivity index (χ2v) is 8.26. The van der Waals surface area contributed by atoms with Crippen LogP contribution in [0.4, 0.5) is 9.18 Å². The van der Waals surface area contributed by atoms with Crippen molar-refractivity contribution in [3.63, 3.8) is 0 Å². The third-order valence-electron chi connectivity index (χ3n) is 5.37. The number of rotatable bonds is 11. The summed E-state index contributed by atoms with van der Waals surface area (Å²) in [6.45, 7) is 2.30. The molecule has 3 amide bonds. The fourth-order valence-electron chi connectivity index (χ4n) is 3.57. The number of urea groups is 1. The van der Waals surface area contributed by atoms with Gasteiger partial charge in [-0.25, -0.2) is 20.1 Å². The van der Waals surface area contributed by atoms with Crippen molar-refractivity contribution in [1.82, 2.24) is 26.1 Å². The van der Waals surface area contributed by atoms with Crippen molar-refractivity contribution in [2.75, 3.05) is 26.3 Å². The van der Waals surface area contributed by atoms with Crippen molar-refractivity contribution in [2.24, 2.45) is 0 Å². The molecule has 11 heteroatoms. The normalized spacial score (nSPS) is 13.3. The van der Waals surface area contributed by atoms with Gasteiger partial charge in [-0.05, 0) is 28.8 Å². The summed E-state index contributed by atoms with van der Waals surface area (Å²) in [5.41, 5.74) is 7.91. The Bertz CT molecular complexity index is 1050. The molecule has 1 aliphatic heterocycles. The maximum absolute atomic E-state index is 13.8. The Balaban J connectivity index is 1.59. The first kappa shape index (κ1) is 26.6. The van der Waals surface area contributed by atoms with Crippen LogP contribution in [0.15, 0.2) is 48.7 Å². The molecule has 35 heavy (non-hydrogen) atoms. The molecular weight excluding hydrogens is 477 g/mol. The third-order valence-corrected chi connectivity index (χ3v) is 5.79. The van der Waals surface area contributed by atoms with Gasteiger partial charge < -0.3 is 10.4 Å². The number of amides is 3. The van der Waals surface area contributed by atoms with Crippen molar-refractivity contribution in [3.05, 3.63) is 76.2 Å². The van der Waals surface area contributed by atoms with Crippen molar-refractivity contribution >= 4 is 29.6 Å². The highest BCUT2D eigenvalue weighted by Gasteiger charge is 2.23. The lowest BCUT2D eigenvalue weighted by Crippen LogP contribution is -2.55. The quantitative estimate of drug-likeness (QED) is 0.276. The molecule has 0 aromatic heterocycles. The summed E-state index contributed by atoms with van der Waals surface area (Å²) < 4.78 is 13.8. The fourth-order valence-corrected chi connectivity index (χ4v) is 3.76. The van der Waals surface area contributed by atoms with Crippen LogP contribution < -0.4 is 16.2 Å². The minimum absolute atomic E-state index is 0.0295. The molecule has 0 unspecified atom stereocenters. The van der Waals surface area contributed by atoms with Gasteiger partial charge in [-0.3, -0.25) is 19.5 Å². The number of benzene rings is 2. The number of carbonyl (C=O) groups is 2. The van der Waals surface area contributed by atoms with Crippen LogP contribution in [-0.2, 0) is 22.7 Å². The largest absolute Gasteiger partial charge is 0.395 e. The minimum atomic E-state index is -0.565. The summed E-state index contributed by atoms with van der Waals surface area (Å²) in [7, 11) is 0. The summed E-state index contributed by atoms with van der Waals surface area (Å²) in [4.78, 5) is 31.9. The van der Waals surface area contributed by atoms with E-state index in [9.17, 15) is 14.0 Å². The number of carbonyl (C=O) groups excluding carboxylic acids is 2. The van der Waals surface area contributed by atoms with Crippen LogP contribution >= 0.6 is 11.6 Å². The molecule has 9 nitrogen and oxygen atoms in total. The smallest absolute Gasteiger partial charge is 0.345 e. The van der Waals surface area contributed by atoms with Crippen LogP contribution in [-0.4, -0.2) is 59.3 Å². The van der Waals surface area contributed by atoms with E-state index < -0.39 is 17.9 Å². The monoisotopic (exact) mass is 505 g/mol. The zero-order chi connectivity index (χ0) is 25.2. The molecule has 0 saturated carbocycles. The van der Waals surface area contributed by atoms with E-state index in [2.05, 4.69) is 16.2 Å². The van der Waals surface area contributed by atoms with Gasteiger partial charge in [-0.1, -0.05) is 48.0 Å². The number of nitrogens with one attached hydrogen (secondary N) is 3. The number of hydrogen-bond acceptors (Lipinski definition) is 6. The van der Waals surface area contributed by atoms with Gasteiger partial charge in [0.05, 0.1) is 30.8 Å². The van der Waals surface area contributed by atoms with Crippen LogP contribution in [0.2, 0.25) is 5.02 Å². The van der Waals surface area contributed by atoms with Crippen LogP contribution in [0.3, 0.4) is 0 Å². The molecule has 2 aromatic carbocycles. The number of nitrogens with zero attached hydrogens (tertiary/aromatic N) is 2. The van der Waals surface area contributed by atoms with E-state index in [1.165, 1.54) is 29.0 Å². The predicted molar refractivity (Wildman–Crippen MR) is 130 cm³/mol. The van der Waals surface area contributed by atoms with Gasteiger partial charge in [-0.15, -0.1) is 0 Å². The van der Waals surface area contributed by atoms with Crippen LogP contribution in [0, 0.1) is 5.82 Å². The molecule has 1 heterocycles. The standard InChI is InChI=1S/C24H29ClFN5O4/c1-17(33)31(28-13-19-7-4-8-22(26)23(19)25)21(14-27-10-12-32)16-35-29-24(34)30-11-9-18-5-2-3-6-20(18)15-30/h2-9,11,21,27-28,32H,10,12-16H2,1H3,(H,29,34)/t21-/m0/s1. The zero-order valence-electron chi connectivity index (χ0n) is 19.3. The maximum atomic E-state index is 13.8. The number of halogens is 2. The lowest BCUT2D eigenvalue weighted by molar-refractivity contribution is -0.137. The first-order valence-electron chi connectivity index (χ1n) is 11.1. The highest BCUT2D eigenvalue weighted by Crippen LogP contribution is 2.20. The van der Waals surface area contributed by atoms with Gasteiger partial charge in [-0.2, -0.15) is 0 Å². The molecule has 0 aliphatic carbocycles. The average Bonchev–Trinajstić information content (AvgIpc) is 2.85. The van der Waals surface area contributed by atoms with E-state index in [4.69, 9.17) is 21.5 Å². The van der Waals surface area contributed by atoms with Gasteiger partial charge in [0.2, 0.25) is 5.91 Å². The first-order chi connectivity index (χ1) is 16.9. The van der Waals surface area contributed by atoms with E-state index in [0.717, 1.165) is 11.1 Å². The highest BCUT2D eigenvalue weighted by atomic mass is 35.5. The summed E-state index contributed by atoms with van der Waals surface area (Å²) in [5.74, 6) is -0.874. The van der Waals surface area contributed by atoms with Crippen molar-refractivity contribution in [3.8, 4) is 0 Å². The van der Waals surface area contributed by atoms with E-state index in [1.54, 1.807) is 12.3 Å². The Hall–Kier alpha value is -3.02. The first-order valence-corrected chi connectivity index (χ1v) is 11.5. The fraction of sp³-hybridized carbons (Fsp3) is 0.333. The minimum Gasteiger partial charge on any atom is -0.395 e. The molecular formula is C24H29ClFN5O4. The third kappa shape index (κ3) is 7.48. The molecule has 188 valence electrons. The van der Waals surface area contributed by atoms with Gasteiger partial charge in [0.15, 0.2) is 0 Å². The highest BCUT2D eigenvalue weighted by molar-refractivity contribution is 6.31. The van der Waals surface area contributed by atoms with E-state index in [-0.39, 0.29) is 37.2 Å². The van der Waals surface area contributed by atoms with Gasteiger partial charge in [0.25, 0.3) is 0 Å². The van der Waals surface area contributed by atoms with Crippen LogP contribution in [0.5, 0.6) is 0 Å². The average molecular weight is 506 g/mol. The van der Waals surface area contributed by atoms with Gasteiger partial charge >= 0.3 is 6.03 Å². The summed E-state index contributed by atoms with van der Waals surface area (Å²) in [5, 5.41) is 13.4. The number of hydrazine groups is 1. The Morgan fingerprint density at radius 1 is 1.26 bits per heavy atom. The Kier molecular flexibility index (Phi) is 10.0. The molecule has 0 bridgehead atoms. The van der Waals surface area contributed by atoms with Crippen molar-refractivity contribution in [1.29, 1.82) is 0 Å². The Labute approximate surface area is 208 Å². The zero-order valence-corrected chi connectivity index (χ0v) is 20.1. The Morgan fingerprint density at radius 3 is 2.83 bits per heavy atom. The maximum Gasteiger partial charge on any atom is 0.345 e. The topological polar surface area (TPSA) is 106 Å². The second-order valence-electron chi connectivity index (χ2n) is 7.88. The van der Waals surface area contributed by atoms with Crippen molar-refractivity contribution < 1.29 is 23.9 Å². The number of fused-ring (bicyclic) bond motifs is 1. The van der Waals surface area contributed by atoms with Gasteiger partial charge in [0.1, 0.15) is 5.82 Å². The number of aliphatic hydroxyl groups excluding tert-OH is 1. The number of hydrogen-bond donors (Lipinski definition) is 4. The molecule has 1 aliphatic rings. The molecule has 2 aromatic rings. The van der Waals surface area contributed by atoms with Crippen molar-refractivity contribution in [2.45, 2.75) is 26.1 Å². The number of hydroxylamine groups is 1. The Morgan fingerprint density at radius 2 is 2.06 bits per heavy atom. The SMILES string of the molecule is CC(=O)N(NCc1cccc(F)c1Cl)[C@@H](CNCCO)CONC(=O)N1C=Cc2ccccc2C1. The molecule has 0 radical (unpaired) electrons. The summed E-state index contributed by atoms with van der Waals surface area (Å²) >= 11 is 6.02. The molecule has 0 fully saturated rings. The van der Waals surface area contributed by atoms with Crippen LogP contribution in [0.1, 0.15) is 23.6 Å². The van der Waals surface area contributed by atoms with E-state index in [0.29, 0.717) is 18.7 Å². The molecule has 0 saturated heterocycles. The van der Waals surface area contributed by atoms with Gasteiger partial charge in [0, 0.05) is 32.8 Å². The summed E-state index contributed by atoms with van der Waals surface area (Å²) in [6, 6.07) is 11.2. The molecule has 4 N–H and O–H groups in total. The second kappa shape index (κ2) is 13.2. The molecule has 3 rings (SSSR count). The van der Waals surface area contributed by atoms with E-state index in [1.807, 2.05) is 30.3 Å². The van der Waals surface area contributed by atoms with Crippen LogP contribution in [0.25, 0.3) is 6.08 Å². The molecule has 1 atom stereocenters. The lowest BCUT2D eigenvalue weighted by Gasteiger charge is -2.32. The predicted octanol–water partition coefficient (Wildman–Crippen LogP) is 2.41. The molecule has 0 spiro atoms. The lowest BCUT2D eigenvalue weighted by atomic mass is 10.0. The number of aliphatic hydroxyl groups is 1.